The molecule has 1 aromatic heterocycles. The monoisotopic (exact) mass is 522 g/mol. The Morgan fingerprint density at radius 2 is 1.58 bits per heavy atom. The highest BCUT2D eigenvalue weighted by molar-refractivity contribution is 7.89. The van der Waals surface area contributed by atoms with E-state index < -0.39 is 27.4 Å². The minimum atomic E-state index is -4.40. The number of nitrogens with one attached hydrogen (secondary N) is 1. The summed E-state index contributed by atoms with van der Waals surface area (Å²) in [7, 11) is -3.59. The maximum Gasteiger partial charge on any atom is 0.431 e. The number of aromatic nitrogens is 1. The zero-order valence-electron chi connectivity index (χ0n) is 19.8. The molecule has 194 valence electrons. The molecule has 2 aliphatic carbocycles. The summed E-state index contributed by atoms with van der Waals surface area (Å²) in [6, 6.07) is 9.18. The highest BCUT2D eigenvalue weighted by Gasteiger charge is 2.52. The van der Waals surface area contributed by atoms with E-state index in [2.05, 4.69) is 9.62 Å². The number of fused-ring (bicyclic) bond motifs is 2. The van der Waals surface area contributed by atoms with Crippen LogP contribution in [-0.4, -0.2) is 60.4 Å². The summed E-state index contributed by atoms with van der Waals surface area (Å²) in [5.74, 6) is -0.191. The molecule has 0 atom stereocenters. The first-order valence-corrected chi connectivity index (χ1v) is 14.0. The van der Waals surface area contributed by atoms with Crippen LogP contribution in [0.2, 0.25) is 0 Å². The number of sulfonamides is 1. The Kier molecular flexibility index (Phi) is 5.55. The number of benzene rings is 1. The lowest BCUT2D eigenvalue weighted by Gasteiger charge is -2.52. The Labute approximate surface area is 208 Å². The molecule has 0 unspecified atom stereocenters. The maximum atomic E-state index is 13.6. The van der Waals surface area contributed by atoms with Gasteiger partial charge in [-0.05, 0) is 74.9 Å². The molecular weight excluding hydrogens is 493 g/mol. The van der Waals surface area contributed by atoms with Crippen molar-refractivity contribution in [3.8, 4) is 0 Å². The predicted molar refractivity (Wildman–Crippen MR) is 126 cm³/mol. The number of rotatable bonds is 5. The van der Waals surface area contributed by atoms with Gasteiger partial charge in [-0.2, -0.15) is 13.2 Å². The molecule has 3 fully saturated rings. The van der Waals surface area contributed by atoms with Crippen LogP contribution in [0, 0.1) is 0 Å². The first kappa shape index (κ1) is 24.0. The van der Waals surface area contributed by atoms with Gasteiger partial charge in [0.05, 0.1) is 10.4 Å². The second-order valence-corrected chi connectivity index (χ2v) is 12.1. The maximum absolute atomic E-state index is 13.6. The Hall–Kier alpha value is -2.37. The number of piperidine rings is 1. The van der Waals surface area contributed by atoms with Crippen molar-refractivity contribution in [1.29, 1.82) is 0 Å². The van der Waals surface area contributed by atoms with Gasteiger partial charge in [0.25, 0.3) is 5.91 Å². The Morgan fingerprint density at radius 1 is 0.917 bits per heavy atom. The molecule has 1 amide bonds. The minimum Gasteiger partial charge on any atom is -0.338 e. The van der Waals surface area contributed by atoms with Crippen molar-refractivity contribution in [2.45, 2.75) is 73.8 Å². The van der Waals surface area contributed by atoms with Crippen molar-refractivity contribution in [3.05, 3.63) is 53.3 Å². The second kappa shape index (κ2) is 8.32. The van der Waals surface area contributed by atoms with Gasteiger partial charge in [0.15, 0.2) is 0 Å². The molecule has 0 radical (unpaired) electrons. The van der Waals surface area contributed by atoms with Crippen LogP contribution >= 0.6 is 0 Å². The lowest BCUT2D eigenvalue weighted by Crippen LogP contribution is -2.58. The molecule has 36 heavy (non-hydrogen) atoms. The smallest absolute Gasteiger partial charge is 0.338 e. The van der Waals surface area contributed by atoms with E-state index in [1.54, 1.807) is 11.0 Å². The Balaban J connectivity index is 1.20. The standard InChI is InChI=1S/C25H29F3N4O3S/c26-25(27,28)22-10-9-21-24(32(19-5-6-19)16-15-31(21)22)11-13-30(14-12-24)23(33)17-1-7-20(8-2-17)36(34,35)29-18-3-4-18/h1-2,7-10,18-19,29H,3-6,11-16H2. The van der Waals surface area contributed by atoms with E-state index in [0.29, 0.717) is 56.3 Å². The molecule has 7 nitrogen and oxygen atoms in total. The first-order chi connectivity index (χ1) is 17.1. The Bertz CT molecular complexity index is 1270. The van der Waals surface area contributed by atoms with E-state index in [4.69, 9.17) is 0 Å². The van der Waals surface area contributed by atoms with E-state index in [1.807, 2.05) is 0 Å². The van der Waals surface area contributed by atoms with E-state index in [9.17, 15) is 26.4 Å². The molecule has 2 aliphatic heterocycles. The van der Waals surface area contributed by atoms with Crippen molar-refractivity contribution in [2.24, 2.45) is 0 Å². The molecule has 1 N–H and O–H groups in total. The summed E-state index contributed by atoms with van der Waals surface area (Å²) in [6.45, 7) is 1.76. The number of carbonyl (C=O) groups is 1. The number of hydrogen-bond donors (Lipinski definition) is 1. The number of nitrogens with zero attached hydrogens (tertiary/aromatic N) is 3. The SMILES string of the molecule is O=C(c1ccc(S(=O)(=O)NC2CC2)cc1)N1CCC2(CC1)c1ccc(C(F)(F)F)n1CCN2C1CC1. The molecular formula is C25H29F3N4O3S. The van der Waals surface area contributed by atoms with Crippen LogP contribution in [0.15, 0.2) is 41.3 Å². The van der Waals surface area contributed by atoms with Crippen molar-refractivity contribution in [3.63, 3.8) is 0 Å². The van der Waals surface area contributed by atoms with Crippen LogP contribution in [0.1, 0.15) is 60.3 Å². The van der Waals surface area contributed by atoms with Gasteiger partial charge in [-0.1, -0.05) is 0 Å². The van der Waals surface area contributed by atoms with E-state index >= 15 is 0 Å². The number of halogens is 3. The molecule has 3 heterocycles. The highest BCUT2D eigenvalue weighted by atomic mass is 32.2. The largest absolute Gasteiger partial charge is 0.431 e. The van der Waals surface area contributed by atoms with Gasteiger partial charge in [0.1, 0.15) is 5.69 Å². The summed E-state index contributed by atoms with van der Waals surface area (Å²) in [5.41, 5.74) is 0.00291. The van der Waals surface area contributed by atoms with Crippen LogP contribution in [0.25, 0.3) is 0 Å². The zero-order valence-corrected chi connectivity index (χ0v) is 20.6. The molecule has 2 saturated carbocycles. The van der Waals surface area contributed by atoms with Crippen LogP contribution in [0.3, 0.4) is 0 Å². The van der Waals surface area contributed by atoms with Crippen LogP contribution in [0.4, 0.5) is 13.2 Å². The van der Waals surface area contributed by atoms with Crippen molar-refractivity contribution in [2.75, 3.05) is 19.6 Å². The van der Waals surface area contributed by atoms with Crippen LogP contribution in [0.5, 0.6) is 0 Å². The average Bonchev–Trinajstić information content (AvgIpc) is 3.78. The highest BCUT2D eigenvalue weighted by Crippen LogP contribution is 2.48. The van der Waals surface area contributed by atoms with Gasteiger partial charge in [0, 0.05) is 49.5 Å². The zero-order chi connectivity index (χ0) is 25.3. The number of carbonyl (C=O) groups excluding carboxylic acids is 1. The fraction of sp³-hybridized carbons (Fsp3) is 0.560. The summed E-state index contributed by atoms with van der Waals surface area (Å²) in [4.78, 5) is 17.5. The quantitative estimate of drug-likeness (QED) is 0.652. The molecule has 4 aliphatic rings. The summed E-state index contributed by atoms with van der Waals surface area (Å²) in [6.07, 6.45) is 0.526. The normalized spacial score (nSPS) is 22.6. The van der Waals surface area contributed by atoms with Crippen molar-refractivity contribution in [1.82, 2.24) is 19.1 Å². The van der Waals surface area contributed by atoms with Gasteiger partial charge in [-0.15, -0.1) is 0 Å². The third-order valence-corrected chi connectivity index (χ3v) is 9.57. The number of alkyl halides is 3. The molecule has 1 aromatic carbocycles. The van der Waals surface area contributed by atoms with Gasteiger partial charge in [0.2, 0.25) is 10.0 Å². The van der Waals surface area contributed by atoms with E-state index in [-0.39, 0.29) is 16.8 Å². The number of amides is 1. The second-order valence-electron chi connectivity index (χ2n) is 10.4. The third kappa shape index (κ3) is 4.14. The minimum absolute atomic E-state index is 0.000267. The Morgan fingerprint density at radius 3 is 2.17 bits per heavy atom. The lowest BCUT2D eigenvalue weighted by atomic mass is 9.80. The molecule has 2 aromatic rings. The van der Waals surface area contributed by atoms with Crippen LogP contribution in [-0.2, 0) is 28.3 Å². The number of hydrogen-bond acceptors (Lipinski definition) is 4. The number of likely N-dealkylation sites (tertiary alicyclic amines) is 1. The topological polar surface area (TPSA) is 74.6 Å². The average molecular weight is 523 g/mol. The van der Waals surface area contributed by atoms with E-state index in [0.717, 1.165) is 25.7 Å². The molecule has 6 rings (SSSR count). The third-order valence-electron chi connectivity index (χ3n) is 8.04. The first-order valence-electron chi connectivity index (χ1n) is 12.5. The van der Waals surface area contributed by atoms with Gasteiger partial charge >= 0.3 is 6.18 Å². The summed E-state index contributed by atoms with van der Waals surface area (Å²) < 4.78 is 69.8. The summed E-state index contributed by atoms with van der Waals surface area (Å²) in [5, 5.41) is 0. The van der Waals surface area contributed by atoms with Crippen molar-refractivity contribution < 1.29 is 26.4 Å². The lowest BCUT2D eigenvalue weighted by molar-refractivity contribution is -0.145. The van der Waals surface area contributed by atoms with Gasteiger partial charge in [-0.25, -0.2) is 13.1 Å². The predicted octanol–water partition coefficient (Wildman–Crippen LogP) is 3.56. The van der Waals surface area contributed by atoms with Gasteiger partial charge in [-0.3, -0.25) is 9.69 Å². The molecule has 0 bridgehead atoms. The fourth-order valence-corrected chi connectivity index (χ4v) is 7.23. The van der Waals surface area contributed by atoms with Crippen molar-refractivity contribution >= 4 is 15.9 Å². The fourth-order valence-electron chi connectivity index (χ4n) is 5.92. The molecule has 11 heteroatoms. The van der Waals surface area contributed by atoms with Crippen LogP contribution < -0.4 is 4.72 Å². The van der Waals surface area contributed by atoms with E-state index in [1.165, 1.54) is 34.9 Å². The molecule has 1 saturated heterocycles. The van der Waals surface area contributed by atoms with Gasteiger partial charge < -0.3 is 9.47 Å². The summed E-state index contributed by atoms with van der Waals surface area (Å²) >= 11 is 0. The molecule has 1 spiro atoms.